The second-order valence-electron chi connectivity index (χ2n) is 3.51. The van der Waals surface area contributed by atoms with E-state index in [1.165, 1.54) is 0 Å². The van der Waals surface area contributed by atoms with E-state index in [0.29, 0.717) is 6.54 Å². The van der Waals surface area contributed by atoms with Gasteiger partial charge in [-0.15, -0.1) is 0 Å². The molecule has 0 aliphatic carbocycles. The fraction of sp³-hybridized carbons (Fsp3) is 0.444. The molecule has 1 atom stereocenters. The van der Waals surface area contributed by atoms with Gasteiger partial charge in [0.25, 0.3) is 5.91 Å². The van der Waals surface area contributed by atoms with Crippen LogP contribution >= 0.6 is 11.6 Å². The van der Waals surface area contributed by atoms with Gasteiger partial charge in [-0.2, -0.15) is 0 Å². The molecule has 1 amide bonds. The molecule has 7 N–H and O–H groups in total. The first-order valence-electron chi connectivity index (χ1n) is 5.08. The molecule has 0 radical (unpaired) electrons. The Bertz CT molecular complexity index is 424. The van der Waals surface area contributed by atoms with Crippen LogP contribution in [0.5, 0.6) is 0 Å². The highest BCUT2D eigenvalue weighted by Crippen LogP contribution is 2.17. The van der Waals surface area contributed by atoms with Crippen LogP contribution in [0.4, 0.5) is 11.6 Å². The number of nitrogens with zero attached hydrogens (tertiary/aromatic N) is 2. The van der Waals surface area contributed by atoms with Gasteiger partial charge in [0.05, 0.1) is 0 Å². The zero-order chi connectivity index (χ0) is 13.0. The van der Waals surface area contributed by atoms with Crippen LogP contribution < -0.4 is 22.5 Å². The molecule has 0 saturated heterocycles. The summed E-state index contributed by atoms with van der Waals surface area (Å²) in [5, 5.41) is 2.54. The van der Waals surface area contributed by atoms with E-state index in [0.717, 1.165) is 6.42 Å². The van der Waals surface area contributed by atoms with Crippen LogP contribution in [0, 0.1) is 0 Å². The van der Waals surface area contributed by atoms with E-state index in [-0.39, 0.29) is 28.5 Å². The molecule has 1 heterocycles. The zero-order valence-corrected chi connectivity index (χ0v) is 10.2. The third-order valence-corrected chi connectivity index (χ3v) is 2.45. The summed E-state index contributed by atoms with van der Waals surface area (Å²) in [5.74, 6) is -0.541. The predicted octanol–water partition coefficient (Wildman–Crippen LogP) is -0.238. The van der Waals surface area contributed by atoms with Gasteiger partial charge in [-0.25, -0.2) is 9.97 Å². The summed E-state index contributed by atoms with van der Waals surface area (Å²) in [6.07, 6.45) is 0.754. The summed E-state index contributed by atoms with van der Waals surface area (Å²) in [7, 11) is 0. The number of nitrogen functional groups attached to an aromatic ring is 2. The van der Waals surface area contributed by atoms with Gasteiger partial charge in [0.1, 0.15) is 0 Å². The Morgan fingerprint density at radius 3 is 2.65 bits per heavy atom. The number of rotatable bonds is 4. The topological polar surface area (TPSA) is 133 Å². The van der Waals surface area contributed by atoms with Crippen molar-refractivity contribution in [2.45, 2.75) is 19.4 Å². The van der Waals surface area contributed by atoms with Crippen molar-refractivity contribution in [3.8, 4) is 0 Å². The minimum Gasteiger partial charge on any atom is -0.382 e. The number of nitrogens with two attached hydrogens (primary N) is 3. The van der Waals surface area contributed by atoms with E-state index in [9.17, 15) is 4.79 Å². The van der Waals surface area contributed by atoms with Gasteiger partial charge >= 0.3 is 0 Å². The van der Waals surface area contributed by atoms with Gasteiger partial charge in [0, 0.05) is 12.6 Å². The number of hydrogen-bond acceptors (Lipinski definition) is 6. The maximum atomic E-state index is 11.7. The van der Waals surface area contributed by atoms with Gasteiger partial charge in [0.15, 0.2) is 22.5 Å². The van der Waals surface area contributed by atoms with Crippen molar-refractivity contribution in [2.75, 3.05) is 18.0 Å². The van der Waals surface area contributed by atoms with Crippen LogP contribution in [0.3, 0.4) is 0 Å². The van der Waals surface area contributed by atoms with Crippen LogP contribution in [0.2, 0.25) is 5.15 Å². The van der Waals surface area contributed by atoms with Gasteiger partial charge in [-0.1, -0.05) is 18.5 Å². The fourth-order valence-corrected chi connectivity index (χ4v) is 1.19. The Labute approximate surface area is 104 Å². The third-order valence-electron chi connectivity index (χ3n) is 2.17. The number of nitrogens with one attached hydrogen (secondary N) is 1. The number of anilines is 2. The summed E-state index contributed by atoms with van der Waals surface area (Å²) in [6.45, 7) is 2.25. The highest BCUT2D eigenvalue weighted by molar-refractivity contribution is 6.31. The lowest BCUT2D eigenvalue weighted by atomic mass is 10.2. The molecule has 0 saturated carbocycles. The summed E-state index contributed by atoms with van der Waals surface area (Å²) in [5.41, 5.74) is 16.5. The molecule has 17 heavy (non-hydrogen) atoms. The lowest BCUT2D eigenvalue weighted by Gasteiger charge is -2.11. The van der Waals surface area contributed by atoms with Crippen molar-refractivity contribution < 1.29 is 4.79 Å². The minimum atomic E-state index is -0.471. The molecule has 0 aliphatic heterocycles. The Morgan fingerprint density at radius 1 is 1.41 bits per heavy atom. The molecule has 1 rings (SSSR count). The maximum Gasteiger partial charge on any atom is 0.273 e. The van der Waals surface area contributed by atoms with E-state index in [1.54, 1.807) is 0 Å². The van der Waals surface area contributed by atoms with Crippen molar-refractivity contribution in [3.05, 3.63) is 10.8 Å². The SMILES string of the molecule is CC[C@@H](N)CNC(=O)c1nc(Cl)c(N)nc1N. The Hall–Kier alpha value is -1.60. The van der Waals surface area contributed by atoms with Crippen molar-refractivity contribution in [2.24, 2.45) is 5.73 Å². The number of aromatic nitrogens is 2. The second-order valence-corrected chi connectivity index (χ2v) is 3.87. The molecule has 1 aromatic heterocycles. The average Bonchev–Trinajstić information content (AvgIpc) is 2.30. The highest BCUT2D eigenvalue weighted by Gasteiger charge is 2.16. The second kappa shape index (κ2) is 5.65. The van der Waals surface area contributed by atoms with Gasteiger partial charge in [0.2, 0.25) is 0 Å². The number of carbonyl (C=O) groups excluding carboxylic acids is 1. The monoisotopic (exact) mass is 258 g/mol. The molecule has 1 aromatic rings. The average molecular weight is 259 g/mol. The molecule has 0 aliphatic rings. The van der Waals surface area contributed by atoms with E-state index in [1.807, 2.05) is 6.92 Å². The molecule has 0 unspecified atom stereocenters. The summed E-state index contributed by atoms with van der Waals surface area (Å²) < 4.78 is 0. The van der Waals surface area contributed by atoms with Gasteiger partial charge in [-0.05, 0) is 6.42 Å². The van der Waals surface area contributed by atoms with Crippen LogP contribution in [-0.4, -0.2) is 28.5 Å². The van der Waals surface area contributed by atoms with E-state index in [4.69, 9.17) is 28.8 Å². The van der Waals surface area contributed by atoms with E-state index >= 15 is 0 Å². The van der Waals surface area contributed by atoms with Crippen molar-refractivity contribution in [3.63, 3.8) is 0 Å². The van der Waals surface area contributed by atoms with Crippen molar-refractivity contribution >= 4 is 29.1 Å². The third kappa shape index (κ3) is 3.43. The maximum absolute atomic E-state index is 11.7. The minimum absolute atomic E-state index is 0.00836. The van der Waals surface area contributed by atoms with Crippen molar-refractivity contribution in [1.29, 1.82) is 0 Å². The molecule has 0 bridgehead atoms. The molecule has 94 valence electrons. The molecule has 0 fully saturated rings. The zero-order valence-electron chi connectivity index (χ0n) is 9.40. The molecule has 0 aromatic carbocycles. The number of halogens is 1. The molecule has 0 spiro atoms. The Morgan fingerprint density at radius 2 is 2.06 bits per heavy atom. The first-order chi connectivity index (χ1) is 7.95. The molecule has 7 nitrogen and oxygen atoms in total. The lowest BCUT2D eigenvalue weighted by Crippen LogP contribution is -2.37. The first kappa shape index (κ1) is 13.5. The Kier molecular flexibility index (Phi) is 4.47. The standard InChI is InChI=1S/C9H15ClN6O/c1-2-4(11)3-14-9(17)5-7(12)16-8(13)6(10)15-5/h4H,2-3,11H2,1H3,(H,14,17)(H4,12,13,16)/t4-/m1/s1. The molecular weight excluding hydrogens is 244 g/mol. The molecular formula is C9H15ClN6O. The first-order valence-corrected chi connectivity index (χ1v) is 5.45. The quantitative estimate of drug-likeness (QED) is 0.589. The summed E-state index contributed by atoms with van der Waals surface area (Å²) in [6, 6.07) is -0.114. The van der Waals surface area contributed by atoms with E-state index < -0.39 is 5.91 Å². The highest BCUT2D eigenvalue weighted by atomic mass is 35.5. The van der Waals surface area contributed by atoms with Crippen LogP contribution in [0.1, 0.15) is 23.8 Å². The number of hydrogen-bond donors (Lipinski definition) is 4. The van der Waals surface area contributed by atoms with Gasteiger partial charge in [-0.3, -0.25) is 4.79 Å². The van der Waals surface area contributed by atoms with Gasteiger partial charge < -0.3 is 22.5 Å². The lowest BCUT2D eigenvalue weighted by molar-refractivity contribution is 0.0946. The van der Waals surface area contributed by atoms with Crippen LogP contribution in [-0.2, 0) is 0 Å². The van der Waals surface area contributed by atoms with Crippen LogP contribution in [0.25, 0.3) is 0 Å². The van der Waals surface area contributed by atoms with E-state index in [2.05, 4.69) is 15.3 Å². The number of carbonyl (C=O) groups is 1. The largest absolute Gasteiger partial charge is 0.382 e. The van der Waals surface area contributed by atoms with Crippen molar-refractivity contribution in [1.82, 2.24) is 15.3 Å². The van der Waals surface area contributed by atoms with Crippen LogP contribution in [0.15, 0.2) is 0 Å². The smallest absolute Gasteiger partial charge is 0.273 e. The predicted molar refractivity (Wildman–Crippen MR) is 66.5 cm³/mol. The molecule has 8 heteroatoms. The summed E-state index contributed by atoms with van der Waals surface area (Å²) in [4.78, 5) is 19.2. The summed E-state index contributed by atoms with van der Waals surface area (Å²) >= 11 is 5.66. The number of amides is 1. The fourth-order valence-electron chi connectivity index (χ4n) is 1.06. The Balaban J connectivity index is 2.79. The normalized spacial score (nSPS) is 12.2.